The Kier molecular flexibility index (Phi) is 3.71. The van der Waals surface area contributed by atoms with Gasteiger partial charge in [-0.3, -0.25) is 0 Å². The normalized spacial score (nSPS) is 30.3. The molecule has 0 amide bonds. The lowest BCUT2D eigenvalue weighted by Gasteiger charge is -2.29. The minimum absolute atomic E-state index is 0.0637. The van der Waals surface area contributed by atoms with Crippen LogP contribution in [0.1, 0.15) is 39.0 Å². The standard InChI is InChI=1S/C9H17FO2S/c1-2-8-5-3-4-6-9(8)7-13(10,11)12/h8-9H,2-7H2,1H3. The maximum absolute atomic E-state index is 12.5. The predicted octanol–water partition coefficient (Wildman–Crippen LogP) is 2.50. The molecule has 1 fully saturated rings. The number of halogens is 1. The van der Waals surface area contributed by atoms with E-state index in [1.54, 1.807) is 0 Å². The molecule has 4 heteroatoms. The third-order valence-corrected chi connectivity index (χ3v) is 3.83. The highest BCUT2D eigenvalue weighted by Gasteiger charge is 2.27. The molecule has 2 unspecified atom stereocenters. The highest BCUT2D eigenvalue weighted by atomic mass is 32.3. The molecule has 0 aromatic carbocycles. The Morgan fingerprint density at radius 3 is 2.23 bits per heavy atom. The summed E-state index contributed by atoms with van der Waals surface area (Å²) in [5, 5.41) is 0. The van der Waals surface area contributed by atoms with Crippen LogP contribution >= 0.6 is 0 Å². The van der Waals surface area contributed by atoms with Crippen LogP contribution in [0.15, 0.2) is 0 Å². The van der Waals surface area contributed by atoms with Crippen molar-refractivity contribution in [2.75, 3.05) is 5.75 Å². The number of hydrogen-bond donors (Lipinski definition) is 0. The minimum atomic E-state index is -4.27. The van der Waals surface area contributed by atoms with E-state index in [4.69, 9.17) is 0 Å². The molecule has 78 valence electrons. The summed E-state index contributed by atoms with van der Waals surface area (Å²) in [6.07, 6.45) is 5.14. The summed E-state index contributed by atoms with van der Waals surface area (Å²) in [7, 11) is -4.27. The van der Waals surface area contributed by atoms with Crippen LogP contribution in [0.2, 0.25) is 0 Å². The van der Waals surface area contributed by atoms with E-state index in [2.05, 4.69) is 0 Å². The number of hydrogen-bond acceptors (Lipinski definition) is 2. The molecule has 0 radical (unpaired) electrons. The highest BCUT2D eigenvalue weighted by molar-refractivity contribution is 7.86. The van der Waals surface area contributed by atoms with Crippen LogP contribution in [0.5, 0.6) is 0 Å². The van der Waals surface area contributed by atoms with Gasteiger partial charge in [0.15, 0.2) is 0 Å². The van der Waals surface area contributed by atoms with E-state index in [1.807, 2.05) is 6.92 Å². The SMILES string of the molecule is CCC1CCCCC1CS(=O)(=O)F. The molecular weight excluding hydrogens is 191 g/mol. The van der Waals surface area contributed by atoms with Gasteiger partial charge in [0.25, 0.3) is 0 Å². The second-order valence-electron chi connectivity index (χ2n) is 3.92. The highest BCUT2D eigenvalue weighted by Crippen LogP contribution is 2.33. The van der Waals surface area contributed by atoms with Crippen molar-refractivity contribution in [3.63, 3.8) is 0 Å². The van der Waals surface area contributed by atoms with Crippen molar-refractivity contribution < 1.29 is 12.3 Å². The van der Waals surface area contributed by atoms with Gasteiger partial charge in [-0.1, -0.05) is 32.6 Å². The van der Waals surface area contributed by atoms with Crippen molar-refractivity contribution in [3.8, 4) is 0 Å². The van der Waals surface area contributed by atoms with E-state index in [-0.39, 0.29) is 11.7 Å². The van der Waals surface area contributed by atoms with Gasteiger partial charge >= 0.3 is 10.2 Å². The van der Waals surface area contributed by atoms with Crippen molar-refractivity contribution in [3.05, 3.63) is 0 Å². The molecule has 1 saturated carbocycles. The van der Waals surface area contributed by atoms with Crippen LogP contribution in [0, 0.1) is 11.8 Å². The first-order chi connectivity index (χ1) is 6.03. The van der Waals surface area contributed by atoms with E-state index < -0.39 is 10.2 Å². The third-order valence-electron chi connectivity index (χ3n) is 3.00. The Morgan fingerprint density at radius 1 is 1.23 bits per heavy atom. The van der Waals surface area contributed by atoms with Gasteiger partial charge in [-0.2, -0.15) is 8.42 Å². The molecule has 2 nitrogen and oxygen atoms in total. The van der Waals surface area contributed by atoms with Crippen LogP contribution in [0.25, 0.3) is 0 Å². The second-order valence-corrected chi connectivity index (χ2v) is 5.33. The zero-order chi connectivity index (χ0) is 9.90. The van der Waals surface area contributed by atoms with Gasteiger partial charge in [0.2, 0.25) is 0 Å². The Hall–Kier alpha value is -0.120. The lowest BCUT2D eigenvalue weighted by molar-refractivity contribution is 0.250. The van der Waals surface area contributed by atoms with Gasteiger partial charge in [-0.15, -0.1) is 3.89 Å². The summed E-state index contributed by atoms with van der Waals surface area (Å²) in [5.74, 6) is 0.221. The Morgan fingerprint density at radius 2 is 1.77 bits per heavy atom. The molecule has 1 aliphatic carbocycles. The van der Waals surface area contributed by atoms with E-state index in [0.29, 0.717) is 5.92 Å². The predicted molar refractivity (Wildman–Crippen MR) is 50.6 cm³/mol. The molecule has 1 rings (SSSR count). The molecule has 0 aromatic rings. The van der Waals surface area contributed by atoms with Gasteiger partial charge in [0.1, 0.15) is 0 Å². The van der Waals surface area contributed by atoms with Crippen molar-refractivity contribution in [2.45, 2.75) is 39.0 Å². The summed E-state index contributed by atoms with van der Waals surface area (Å²) in [5.41, 5.74) is 0. The monoisotopic (exact) mass is 208 g/mol. The summed E-state index contributed by atoms with van der Waals surface area (Å²) < 4.78 is 33.4. The average molecular weight is 208 g/mol. The summed E-state index contributed by atoms with van der Waals surface area (Å²) in [4.78, 5) is 0. The fraction of sp³-hybridized carbons (Fsp3) is 1.00. The molecule has 2 atom stereocenters. The van der Waals surface area contributed by atoms with Crippen molar-refractivity contribution >= 4 is 10.2 Å². The molecule has 0 bridgehead atoms. The van der Waals surface area contributed by atoms with E-state index in [9.17, 15) is 12.3 Å². The molecular formula is C9H17FO2S. The van der Waals surface area contributed by atoms with Crippen LogP contribution in [0.4, 0.5) is 3.89 Å². The smallest absolute Gasteiger partial charge is 0.195 e. The third kappa shape index (κ3) is 3.63. The van der Waals surface area contributed by atoms with Crippen LogP contribution in [0.3, 0.4) is 0 Å². The van der Waals surface area contributed by atoms with Gasteiger partial charge in [0.05, 0.1) is 5.75 Å². The van der Waals surface area contributed by atoms with Gasteiger partial charge in [-0.25, -0.2) is 0 Å². The molecule has 0 N–H and O–H groups in total. The molecule has 0 spiro atoms. The van der Waals surface area contributed by atoms with Crippen LogP contribution in [-0.4, -0.2) is 14.2 Å². The maximum atomic E-state index is 12.5. The summed E-state index contributed by atoms with van der Waals surface area (Å²) >= 11 is 0. The average Bonchev–Trinajstić information content (AvgIpc) is 2.02. The lowest BCUT2D eigenvalue weighted by Crippen LogP contribution is -2.24. The maximum Gasteiger partial charge on any atom is 0.302 e. The van der Waals surface area contributed by atoms with E-state index in [1.165, 1.54) is 6.42 Å². The first-order valence-electron chi connectivity index (χ1n) is 4.95. The second kappa shape index (κ2) is 4.40. The molecule has 1 aliphatic rings. The van der Waals surface area contributed by atoms with Gasteiger partial charge < -0.3 is 0 Å². The van der Waals surface area contributed by atoms with Crippen molar-refractivity contribution in [1.82, 2.24) is 0 Å². The van der Waals surface area contributed by atoms with Crippen molar-refractivity contribution in [1.29, 1.82) is 0 Å². The zero-order valence-corrected chi connectivity index (χ0v) is 8.82. The molecule has 0 heterocycles. The van der Waals surface area contributed by atoms with Crippen molar-refractivity contribution in [2.24, 2.45) is 11.8 Å². The molecule has 0 aliphatic heterocycles. The fourth-order valence-electron chi connectivity index (χ4n) is 2.30. The molecule has 0 aromatic heterocycles. The summed E-state index contributed by atoms with van der Waals surface area (Å²) in [6.45, 7) is 2.05. The van der Waals surface area contributed by atoms with Crippen LogP contribution in [-0.2, 0) is 10.2 Å². The van der Waals surface area contributed by atoms with Gasteiger partial charge in [-0.05, 0) is 18.3 Å². The Balaban J connectivity index is 2.55. The quantitative estimate of drug-likeness (QED) is 0.668. The fourth-order valence-corrected chi connectivity index (χ4v) is 3.25. The molecule has 0 saturated heterocycles. The summed E-state index contributed by atoms with van der Waals surface area (Å²) in [6, 6.07) is 0. The largest absolute Gasteiger partial charge is 0.302 e. The Bertz CT molecular complexity index is 248. The molecule has 13 heavy (non-hydrogen) atoms. The first kappa shape index (κ1) is 11.0. The number of rotatable bonds is 3. The Labute approximate surface area is 79.7 Å². The van der Waals surface area contributed by atoms with E-state index in [0.717, 1.165) is 25.7 Å². The topological polar surface area (TPSA) is 34.1 Å². The first-order valence-corrected chi connectivity index (χ1v) is 6.50. The lowest BCUT2D eigenvalue weighted by atomic mass is 9.79. The zero-order valence-electron chi connectivity index (χ0n) is 8.00. The minimum Gasteiger partial charge on any atom is -0.195 e. The van der Waals surface area contributed by atoms with E-state index >= 15 is 0 Å². The van der Waals surface area contributed by atoms with Gasteiger partial charge in [0, 0.05) is 0 Å². The van der Waals surface area contributed by atoms with Crippen LogP contribution < -0.4 is 0 Å².